The molecule has 0 fully saturated rings. The number of rotatable bonds is 5. The first-order chi connectivity index (χ1) is 10.0. The molecule has 0 bridgehead atoms. The standard InChI is InChI=1S/C15H17ClN4O/c1-9(2)14(15(18)21)20-11-5-3-4-10(8-17)13(11)19-12(20)6-7-16/h3-5,9,14H,6-7H2,1-2H3,(H2,18,21). The van der Waals surface area contributed by atoms with E-state index in [0.29, 0.717) is 29.2 Å². The molecule has 1 aromatic heterocycles. The highest BCUT2D eigenvalue weighted by atomic mass is 35.5. The molecule has 2 aromatic rings. The van der Waals surface area contributed by atoms with Gasteiger partial charge in [-0.2, -0.15) is 5.26 Å². The zero-order valence-corrected chi connectivity index (χ0v) is 12.8. The number of primary amides is 1. The molecule has 0 spiro atoms. The number of carbonyl (C=O) groups excluding carboxylic acids is 1. The Morgan fingerprint density at radius 1 is 1.52 bits per heavy atom. The van der Waals surface area contributed by atoms with E-state index in [2.05, 4.69) is 11.1 Å². The third kappa shape index (κ3) is 2.72. The number of imidazole rings is 1. The van der Waals surface area contributed by atoms with Gasteiger partial charge in [-0.15, -0.1) is 11.6 Å². The lowest BCUT2D eigenvalue weighted by Crippen LogP contribution is -2.31. The topological polar surface area (TPSA) is 84.7 Å². The first-order valence-corrected chi connectivity index (χ1v) is 7.30. The summed E-state index contributed by atoms with van der Waals surface area (Å²) in [7, 11) is 0. The minimum Gasteiger partial charge on any atom is -0.368 e. The molecular formula is C15H17ClN4O. The van der Waals surface area contributed by atoms with Gasteiger partial charge in [-0.25, -0.2) is 4.98 Å². The molecule has 2 N–H and O–H groups in total. The third-order valence-corrected chi connectivity index (χ3v) is 3.62. The maximum Gasteiger partial charge on any atom is 0.240 e. The number of aryl methyl sites for hydroxylation is 1. The largest absolute Gasteiger partial charge is 0.368 e. The van der Waals surface area contributed by atoms with E-state index in [9.17, 15) is 10.1 Å². The molecule has 1 unspecified atom stereocenters. The molecule has 0 aliphatic heterocycles. The van der Waals surface area contributed by atoms with Gasteiger partial charge >= 0.3 is 0 Å². The predicted molar refractivity (Wildman–Crippen MR) is 81.9 cm³/mol. The number of nitrogens with two attached hydrogens (primary N) is 1. The first kappa shape index (κ1) is 15.3. The van der Waals surface area contributed by atoms with E-state index in [4.69, 9.17) is 17.3 Å². The van der Waals surface area contributed by atoms with Crippen molar-refractivity contribution >= 4 is 28.5 Å². The number of amides is 1. The van der Waals surface area contributed by atoms with Gasteiger partial charge < -0.3 is 10.3 Å². The highest BCUT2D eigenvalue weighted by Crippen LogP contribution is 2.28. The van der Waals surface area contributed by atoms with Crippen LogP contribution in [0.3, 0.4) is 0 Å². The van der Waals surface area contributed by atoms with Crippen LogP contribution in [0.15, 0.2) is 18.2 Å². The van der Waals surface area contributed by atoms with E-state index in [1.807, 2.05) is 24.5 Å². The monoisotopic (exact) mass is 304 g/mol. The van der Waals surface area contributed by atoms with Crippen molar-refractivity contribution in [3.8, 4) is 6.07 Å². The number of aromatic nitrogens is 2. The van der Waals surface area contributed by atoms with Gasteiger partial charge in [0.2, 0.25) is 5.91 Å². The van der Waals surface area contributed by atoms with Crippen molar-refractivity contribution in [1.82, 2.24) is 9.55 Å². The molecule has 0 radical (unpaired) electrons. The second kappa shape index (κ2) is 6.15. The Kier molecular flexibility index (Phi) is 4.49. The minimum absolute atomic E-state index is 0.0136. The average molecular weight is 305 g/mol. The summed E-state index contributed by atoms with van der Waals surface area (Å²) >= 11 is 5.84. The number of nitriles is 1. The maximum absolute atomic E-state index is 11.9. The number of nitrogens with zero attached hydrogens (tertiary/aromatic N) is 3. The Hall–Kier alpha value is -2.06. The molecule has 1 heterocycles. The summed E-state index contributed by atoms with van der Waals surface area (Å²) < 4.78 is 1.82. The van der Waals surface area contributed by atoms with Crippen LogP contribution in [-0.4, -0.2) is 21.3 Å². The highest BCUT2D eigenvalue weighted by Gasteiger charge is 2.27. The van der Waals surface area contributed by atoms with E-state index in [1.54, 1.807) is 12.1 Å². The molecule has 0 saturated heterocycles. The number of halogens is 1. The first-order valence-electron chi connectivity index (χ1n) is 6.76. The number of fused-ring (bicyclic) bond motifs is 1. The van der Waals surface area contributed by atoms with Gasteiger partial charge in [-0.05, 0) is 18.1 Å². The number of alkyl halides is 1. The quantitative estimate of drug-likeness (QED) is 0.861. The summed E-state index contributed by atoms with van der Waals surface area (Å²) in [6.45, 7) is 3.86. The highest BCUT2D eigenvalue weighted by molar-refractivity contribution is 6.18. The molecule has 0 aliphatic rings. The van der Waals surface area contributed by atoms with Gasteiger partial charge in [-0.1, -0.05) is 19.9 Å². The SMILES string of the molecule is CC(C)C(C(N)=O)n1c(CCCl)nc2c(C#N)cccc21. The Morgan fingerprint density at radius 3 is 2.76 bits per heavy atom. The van der Waals surface area contributed by atoms with Gasteiger partial charge in [0.25, 0.3) is 0 Å². The van der Waals surface area contributed by atoms with E-state index >= 15 is 0 Å². The second-order valence-corrected chi connectivity index (χ2v) is 5.59. The van der Waals surface area contributed by atoms with Crippen molar-refractivity contribution in [2.24, 2.45) is 11.7 Å². The van der Waals surface area contributed by atoms with Crippen molar-refractivity contribution in [1.29, 1.82) is 5.26 Å². The van der Waals surface area contributed by atoms with Gasteiger partial charge in [0.1, 0.15) is 23.5 Å². The third-order valence-electron chi connectivity index (χ3n) is 3.43. The van der Waals surface area contributed by atoms with Crippen LogP contribution in [0, 0.1) is 17.2 Å². The predicted octanol–water partition coefficient (Wildman–Crippen LogP) is 2.37. The smallest absolute Gasteiger partial charge is 0.240 e. The van der Waals surface area contributed by atoms with Crippen molar-refractivity contribution in [3.63, 3.8) is 0 Å². The zero-order valence-electron chi connectivity index (χ0n) is 12.0. The van der Waals surface area contributed by atoms with Crippen LogP contribution < -0.4 is 5.73 Å². The van der Waals surface area contributed by atoms with E-state index in [0.717, 1.165) is 5.52 Å². The Balaban J connectivity index is 2.78. The van der Waals surface area contributed by atoms with Crippen LogP contribution in [0.4, 0.5) is 0 Å². The minimum atomic E-state index is -0.512. The molecule has 6 heteroatoms. The molecule has 0 aliphatic carbocycles. The fraction of sp³-hybridized carbons (Fsp3) is 0.400. The van der Waals surface area contributed by atoms with Gasteiger partial charge in [0.15, 0.2) is 0 Å². The molecule has 1 amide bonds. The number of benzene rings is 1. The van der Waals surface area contributed by atoms with Gasteiger partial charge in [0.05, 0.1) is 11.1 Å². The van der Waals surface area contributed by atoms with Crippen molar-refractivity contribution < 1.29 is 4.79 Å². The maximum atomic E-state index is 11.9. The average Bonchev–Trinajstić information content (AvgIpc) is 2.77. The summed E-state index contributed by atoms with van der Waals surface area (Å²) in [6.07, 6.45) is 0.512. The van der Waals surface area contributed by atoms with Crippen LogP contribution in [0.25, 0.3) is 11.0 Å². The van der Waals surface area contributed by atoms with Crippen LogP contribution in [-0.2, 0) is 11.2 Å². The fourth-order valence-electron chi connectivity index (χ4n) is 2.58. The Morgan fingerprint density at radius 2 is 2.24 bits per heavy atom. The summed E-state index contributed by atoms with van der Waals surface area (Å²) in [6, 6.07) is 6.95. The summed E-state index contributed by atoms with van der Waals surface area (Å²) in [5.74, 6) is 0.664. The lowest BCUT2D eigenvalue weighted by Gasteiger charge is -2.22. The number of hydrogen-bond acceptors (Lipinski definition) is 3. The lowest BCUT2D eigenvalue weighted by molar-refractivity contribution is -0.122. The lowest BCUT2D eigenvalue weighted by atomic mass is 10.0. The molecule has 110 valence electrons. The number of para-hydroxylation sites is 1. The molecule has 1 aromatic carbocycles. The van der Waals surface area contributed by atoms with Gasteiger partial charge in [0, 0.05) is 12.3 Å². The summed E-state index contributed by atoms with van der Waals surface area (Å²) in [4.78, 5) is 16.4. The van der Waals surface area contributed by atoms with Gasteiger partial charge in [-0.3, -0.25) is 4.79 Å². The van der Waals surface area contributed by atoms with Crippen molar-refractivity contribution in [3.05, 3.63) is 29.6 Å². The van der Waals surface area contributed by atoms with Crippen LogP contribution in [0.5, 0.6) is 0 Å². The molecule has 1 atom stereocenters. The van der Waals surface area contributed by atoms with Crippen molar-refractivity contribution in [2.75, 3.05) is 5.88 Å². The van der Waals surface area contributed by atoms with Crippen LogP contribution in [0.2, 0.25) is 0 Å². The Labute approximate surface area is 128 Å². The fourth-order valence-corrected chi connectivity index (χ4v) is 2.75. The summed E-state index contributed by atoms with van der Waals surface area (Å²) in [5.41, 5.74) is 7.38. The van der Waals surface area contributed by atoms with Crippen LogP contribution >= 0.6 is 11.6 Å². The normalized spacial score (nSPS) is 12.5. The molecule has 21 heavy (non-hydrogen) atoms. The summed E-state index contributed by atoms with van der Waals surface area (Å²) in [5, 5.41) is 9.21. The second-order valence-electron chi connectivity index (χ2n) is 5.21. The molecule has 0 saturated carbocycles. The van der Waals surface area contributed by atoms with E-state index in [1.165, 1.54) is 0 Å². The molecular weight excluding hydrogens is 288 g/mol. The molecule has 2 rings (SSSR count). The van der Waals surface area contributed by atoms with Crippen LogP contribution in [0.1, 0.15) is 31.3 Å². The van der Waals surface area contributed by atoms with E-state index < -0.39 is 11.9 Å². The molecule has 5 nitrogen and oxygen atoms in total. The Bertz CT molecular complexity index is 714. The zero-order chi connectivity index (χ0) is 15.6. The van der Waals surface area contributed by atoms with E-state index in [-0.39, 0.29) is 5.92 Å². The van der Waals surface area contributed by atoms with Crippen molar-refractivity contribution in [2.45, 2.75) is 26.3 Å². The number of hydrogen-bond donors (Lipinski definition) is 1. The number of carbonyl (C=O) groups is 1.